The molecule has 0 radical (unpaired) electrons. The molecular formula is C10H12N2O6. The van der Waals surface area contributed by atoms with Crippen LogP contribution in [0.1, 0.15) is 13.8 Å². The highest BCUT2D eigenvalue weighted by Crippen LogP contribution is 1.88. The molecule has 0 spiro atoms. The Balaban J connectivity index is 4.09. The van der Waals surface area contributed by atoms with Crippen molar-refractivity contribution in [2.45, 2.75) is 13.8 Å². The summed E-state index contributed by atoms with van der Waals surface area (Å²) in [4.78, 5) is 51.8. The lowest BCUT2D eigenvalue weighted by molar-refractivity contribution is -0.178. The average Bonchev–Trinajstić information content (AvgIpc) is 2.31. The van der Waals surface area contributed by atoms with Crippen molar-refractivity contribution in [1.29, 1.82) is 0 Å². The number of nitrogens with one attached hydrogen (secondary N) is 2. The molecule has 0 aliphatic carbocycles. The molecule has 0 saturated heterocycles. The zero-order valence-electron chi connectivity index (χ0n) is 9.86. The number of amides is 2. The van der Waals surface area contributed by atoms with Gasteiger partial charge < -0.3 is 9.68 Å². The lowest BCUT2D eigenvalue weighted by atomic mass is 10.3. The average molecular weight is 256 g/mol. The summed E-state index contributed by atoms with van der Waals surface area (Å²) in [7, 11) is 0. The molecule has 98 valence electrons. The van der Waals surface area contributed by atoms with Crippen LogP contribution in [0.3, 0.4) is 0 Å². The molecule has 0 aliphatic rings. The number of hydroxylamine groups is 2. The molecule has 0 unspecified atom stereocenters. The first kappa shape index (κ1) is 15.4. The van der Waals surface area contributed by atoms with Crippen LogP contribution >= 0.6 is 0 Å². The molecule has 0 atom stereocenters. The second-order valence-electron chi connectivity index (χ2n) is 3.20. The van der Waals surface area contributed by atoms with E-state index in [1.807, 2.05) is 0 Å². The van der Waals surface area contributed by atoms with Crippen molar-refractivity contribution in [3.8, 4) is 0 Å². The lowest BCUT2D eigenvalue weighted by Gasteiger charge is -2.05. The third-order valence-corrected chi connectivity index (χ3v) is 1.41. The van der Waals surface area contributed by atoms with E-state index >= 15 is 0 Å². The van der Waals surface area contributed by atoms with Gasteiger partial charge in [0.15, 0.2) is 0 Å². The van der Waals surface area contributed by atoms with Gasteiger partial charge in [-0.3, -0.25) is 9.59 Å². The van der Waals surface area contributed by atoms with Gasteiger partial charge >= 0.3 is 11.9 Å². The van der Waals surface area contributed by atoms with Crippen molar-refractivity contribution in [3.63, 3.8) is 0 Å². The molecule has 0 aromatic carbocycles. The van der Waals surface area contributed by atoms with Gasteiger partial charge in [-0.2, -0.15) is 11.0 Å². The maximum absolute atomic E-state index is 10.9. The summed E-state index contributed by atoms with van der Waals surface area (Å²) in [5.74, 6) is -4.57. The molecule has 8 heteroatoms. The van der Waals surface area contributed by atoms with Crippen LogP contribution in [-0.2, 0) is 28.9 Å². The van der Waals surface area contributed by atoms with Crippen LogP contribution in [0.15, 0.2) is 24.3 Å². The van der Waals surface area contributed by atoms with Crippen molar-refractivity contribution in [2.24, 2.45) is 0 Å². The van der Waals surface area contributed by atoms with Crippen molar-refractivity contribution < 1.29 is 28.9 Å². The van der Waals surface area contributed by atoms with E-state index in [4.69, 9.17) is 0 Å². The topological polar surface area (TPSA) is 111 Å². The molecule has 0 bridgehead atoms. The Bertz CT molecular complexity index is 386. The third-order valence-electron chi connectivity index (χ3n) is 1.41. The van der Waals surface area contributed by atoms with Crippen molar-refractivity contribution in [3.05, 3.63) is 24.3 Å². The molecule has 2 N–H and O–H groups in total. The van der Waals surface area contributed by atoms with Crippen molar-refractivity contribution in [2.75, 3.05) is 0 Å². The Labute approximate surface area is 103 Å². The van der Waals surface area contributed by atoms with Crippen molar-refractivity contribution >= 4 is 23.8 Å². The summed E-state index contributed by atoms with van der Waals surface area (Å²) in [6.45, 7) is 9.28. The molecule has 2 amide bonds. The molecule has 0 heterocycles. The standard InChI is InChI=1S/C10H12N2O6/c1-5(2)7(13)11-17-9(15)10(16)18-12-8(14)6(3)4/h1,3H2,2,4H3,(H,11,13)(H,12,14). The first-order valence-corrected chi connectivity index (χ1v) is 4.59. The molecular weight excluding hydrogens is 244 g/mol. The van der Waals surface area contributed by atoms with E-state index in [-0.39, 0.29) is 11.1 Å². The van der Waals surface area contributed by atoms with E-state index in [2.05, 4.69) is 22.8 Å². The molecule has 0 aliphatic heterocycles. The molecule has 0 aromatic rings. The highest BCUT2D eigenvalue weighted by molar-refractivity contribution is 6.29. The van der Waals surface area contributed by atoms with Gasteiger partial charge in [0.1, 0.15) is 0 Å². The van der Waals surface area contributed by atoms with E-state index in [1.165, 1.54) is 13.8 Å². The lowest BCUT2D eigenvalue weighted by Crippen LogP contribution is -2.36. The van der Waals surface area contributed by atoms with Gasteiger partial charge in [0, 0.05) is 11.1 Å². The first-order valence-electron chi connectivity index (χ1n) is 4.59. The van der Waals surface area contributed by atoms with E-state index in [0.717, 1.165) is 0 Å². The van der Waals surface area contributed by atoms with Crippen LogP contribution in [0.4, 0.5) is 0 Å². The number of hydrogen-bond donors (Lipinski definition) is 2. The second-order valence-corrected chi connectivity index (χ2v) is 3.20. The smallest absolute Gasteiger partial charge is 0.329 e. The van der Waals surface area contributed by atoms with Gasteiger partial charge in [-0.15, -0.1) is 0 Å². The Morgan fingerprint density at radius 1 is 0.778 bits per heavy atom. The molecule has 0 rings (SSSR count). The summed E-state index contributed by atoms with van der Waals surface area (Å²) in [5.41, 5.74) is 3.46. The monoisotopic (exact) mass is 256 g/mol. The van der Waals surface area contributed by atoms with Crippen LogP contribution in [0.5, 0.6) is 0 Å². The van der Waals surface area contributed by atoms with Crippen LogP contribution in [0, 0.1) is 0 Å². The Kier molecular flexibility index (Phi) is 5.84. The summed E-state index contributed by atoms with van der Waals surface area (Å²) >= 11 is 0. The highest BCUT2D eigenvalue weighted by Gasteiger charge is 2.20. The van der Waals surface area contributed by atoms with Crippen LogP contribution in [0.25, 0.3) is 0 Å². The Morgan fingerprint density at radius 3 is 1.28 bits per heavy atom. The zero-order valence-corrected chi connectivity index (χ0v) is 9.86. The van der Waals surface area contributed by atoms with Crippen LogP contribution in [0.2, 0.25) is 0 Å². The molecule has 0 saturated carbocycles. The molecule has 8 nitrogen and oxygen atoms in total. The predicted octanol–water partition coefficient (Wildman–Crippen LogP) is -0.713. The van der Waals surface area contributed by atoms with Crippen LogP contribution in [-0.4, -0.2) is 23.8 Å². The van der Waals surface area contributed by atoms with Gasteiger partial charge in [0.2, 0.25) is 0 Å². The van der Waals surface area contributed by atoms with Gasteiger partial charge in [-0.05, 0) is 13.8 Å². The summed E-state index contributed by atoms with van der Waals surface area (Å²) in [5, 5.41) is 0. The minimum absolute atomic E-state index is 0.0757. The van der Waals surface area contributed by atoms with Gasteiger partial charge in [0.05, 0.1) is 0 Å². The fourth-order valence-electron chi connectivity index (χ4n) is 0.443. The Hall–Kier alpha value is -2.64. The zero-order chi connectivity index (χ0) is 14.3. The normalized spacial score (nSPS) is 8.78. The van der Waals surface area contributed by atoms with Gasteiger partial charge in [0.25, 0.3) is 11.8 Å². The van der Waals surface area contributed by atoms with Crippen molar-refractivity contribution in [1.82, 2.24) is 11.0 Å². The fraction of sp³-hybridized carbons (Fsp3) is 0.200. The largest absolute Gasteiger partial charge is 0.443 e. The summed E-state index contributed by atoms with van der Waals surface area (Å²) in [6, 6.07) is 0. The summed E-state index contributed by atoms with van der Waals surface area (Å²) < 4.78 is 0. The third kappa shape index (κ3) is 5.45. The minimum Gasteiger partial charge on any atom is -0.329 e. The Morgan fingerprint density at radius 2 is 1.06 bits per heavy atom. The van der Waals surface area contributed by atoms with E-state index in [9.17, 15) is 19.2 Å². The molecule has 0 fully saturated rings. The number of carbonyl (C=O) groups excluding carboxylic acids is 4. The fourth-order valence-corrected chi connectivity index (χ4v) is 0.443. The van der Waals surface area contributed by atoms with Gasteiger partial charge in [-0.1, -0.05) is 13.2 Å². The van der Waals surface area contributed by atoms with E-state index in [0.29, 0.717) is 0 Å². The summed E-state index contributed by atoms with van der Waals surface area (Å²) in [6.07, 6.45) is 0. The van der Waals surface area contributed by atoms with Gasteiger partial charge in [-0.25, -0.2) is 9.59 Å². The highest BCUT2D eigenvalue weighted by atomic mass is 16.7. The van der Waals surface area contributed by atoms with E-state index in [1.54, 1.807) is 11.0 Å². The molecule has 18 heavy (non-hydrogen) atoms. The molecule has 0 aromatic heterocycles. The quantitative estimate of drug-likeness (QED) is 0.383. The predicted molar refractivity (Wildman–Crippen MR) is 58.1 cm³/mol. The number of carbonyl (C=O) groups is 4. The maximum Gasteiger partial charge on any atom is 0.443 e. The number of rotatable bonds is 2. The van der Waals surface area contributed by atoms with E-state index < -0.39 is 23.8 Å². The van der Waals surface area contributed by atoms with Crippen LogP contribution < -0.4 is 11.0 Å². The maximum atomic E-state index is 10.9. The first-order chi connectivity index (χ1) is 8.25. The SMILES string of the molecule is C=C(C)C(=O)NOC(=O)C(=O)ONC(=O)C(=C)C. The minimum atomic E-state index is -1.51. The second kappa shape index (κ2) is 6.84. The number of hydrogen-bond acceptors (Lipinski definition) is 6.